The van der Waals surface area contributed by atoms with Gasteiger partial charge in [-0.2, -0.15) is 26.3 Å². The molecule has 0 aliphatic heterocycles. The van der Waals surface area contributed by atoms with Crippen molar-refractivity contribution in [2.24, 2.45) is 0 Å². The maximum Gasteiger partial charge on any atom is 0.418 e. The minimum Gasteiger partial charge on any atom is -0.233 e. The second kappa shape index (κ2) is 14.3. The summed E-state index contributed by atoms with van der Waals surface area (Å²) >= 11 is 3.36. The Kier molecular flexibility index (Phi) is 10.1. The third kappa shape index (κ3) is 8.23. The van der Waals surface area contributed by atoms with Gasteiger partial charge in [-0.1, -0.05) is 82.7 Å². The van der Waals surface area contributed by atoms with E-state index in [2.05, 4.69) is 35.9 Å². The highest BCUT2D eigenvalue weighted by Crippen LogP contribution is 2.39. The van der Waals surface area contributed by atoms with E-state index in [4.69, 9.17) is 0 Å². The molecule has 0 aliphatic carbocycles. The van der Waals surface area contributed by atoms with Crippen LogP contribution in [-0.2, 0) is 22.2 Å². The molecule has 270 valence electrons. The number of para-hydroxylation sites is 2. The Hall–Kier alpha value is -5.21. The highest BCUT2D eigenvalue weighted by Gasteiger charge is 2.35. The quantitative estimate of drug-likeness (QED) is 0.165. The molecule has 0 fully saturated rings. The fourth-order valence-corrected chi connectivity index (χ4v) is 6.88. The zero-order chi connectivity index (χ0) is 38.3. The van der Waals surface area contributed by atoms with Gasteiger partial charge in [0.05, 0.1) is 38.4 Å². The zero-order valence-electron chi connectivity index (χ0n) is 28.1. The molecule has 5 aromatic carbocycles. The van der Waals surface area contributed by atoms with E-state index < -0.39 is 33.3 Å². The van der Waals surface area contributed by atoms with Gasteiger partial charge < -0.3 is 0 Å². The summed E-state index contributed by atoms with van der Waals surface area (Å²) in [5.41, 5.74) is 1.85. The van der Waals surface area contributed by atoms with Crippen molar-refractivity contribution >= 4 is 47.6 Å². The molecule has 2 heterocycles. The number of nitrogens with zero attached hydrogens (tertiary/aromatic N) is 4. The van der Waals surface area contributed by atoms with Crippen molar-refractivity contribution in [3.8, 4) is 33.6 Å². The van der Waals surface area contributed by atoms with Gasteiger partial charge in [-0.25, -0.2) is 28.4 Å². The molecule has 6 nitrogen and oxygen atoms in total. The summed E-state index contributed by atoms with van der Waals surface area (Å²) in [6.45, 7) is 3.14. The number of benzene rings is 5. The van der Waals surface area contributed by atoms with Crippen molar-refractivity contribution in [3.63, 3.8) is 0 Å². The summed E-state index contributed by atoms with van der Waals surface area (Å²) in [5, 5.41) is 0.681. The van der Waals surface area contributed by atoms with Crippen LogP contribution in [0.3, 0.4) is 0 Å². The Bertz CT molecular complexity index is 2630. The van der Waals surface area contributed by atoms with E-state index in [0.717, 1.165) is 34.0 Å². The number of rotatable bonds is 4. The number of aryl methyl sites for hydroxylation is 2. The normalized spacial score (nSPS) is 12.1. The number of halogens is 7. The van der Waals surface area contributed by atoms with Crippen LogP contribution in [0.15, 0.2) is 119 Å². The Balaban J connectivity index is 0.000000192. The number of sulfone groups is 1. The standard InChI is InChI=1S/C23H17F3N2O2S.C16H10BrF3N2/c1-14-27-21(19-10-5-11-20(22(19)28-14)23(24,25)26)17-8-3-6-15(12-17)16-7-4-9-18(13-16)31(2,29)30;1-9-21-14(10-4-2-5-11(17)8-10)12-6-3-7-13(15(12)22-9)16(18,19)20/h3-13H,1-2H3;2-8H,1H3. The van der Waals surface area contributed by atoms with Gasteiger partial charge >= 0.3 is 12.4 Å². The average molecular weight is 810 g/mol. The van der Waals surface area contributed by atoms with Gasteiger partial charge in [-0.3, -0.25) is 0 Å². The molecule has 0 radical (unpaired) electrons. The molecule has 0 atom stereocenters. The van der Waals surface area contributed by atoms with E-state index in [1.165, 1.54) is 18.2 Å². The van der Waals surface area contributed by atoms with E-state index in [0.29, 0.717) is 39.1 Å². The third-order valence-electron chi connectivity index (χ3n) is 8.12. The largest absolute Gasteiger partial charge is 0.418 e. The van der Waals surface area contributed by atoms with Gasteiger partial charge in [0.25, 0.3) is 0 Å². The number of hydrogen-bond donors (Lipinski definition) is 0. The van der Waals surface area contributed by atoms with Gasteiger partial charge in [-0.05, 0) is 67.4 Å². The topological polar surface area (TPSA) is 85.7 Å². The molecule has 14 heteroatoms. The molecule has 53 heavy (non-hydrogen) atoms. The first-order chi connectivity index (χ1) is 24.9. The van der Waals surface area contributed by atoms with Crippen LogP contribution in [0.1, 0.15) is 22.8 Å². The number of alkyl halides is 6. The van der Waals surface area contributed by atoms with Gasteiger partial charge in [0.15, 0.2) is 9.84 Å². The molecule has 0 unspecified atom stereocenters. The third-order valence-corrected chi connectivity index (χ3v) is 9.72. The van der Waals surface area contributed by atoms with Crippen molar-refractivity contribution in [3.05, 3.63) is 136 Å². The SMILES string of the molecule is Cc1nc(-c2cccc(-c3cccc(S(C)(=O)=O)c3)c2)c2cccc(C(F)(F)F)c2n1.Cc1nc(-c2cccc(Br)c2)c2cccc(C(F)(F)F)c2n1. The van der Waals surface area contributed by atoms with E-state index in [-0.39, 0.29) is 21.8 Å². The molecule has 0 bridgehead atoms. The van der Waals surface area contributed by atoms with Gasteiger partial charge in [0.1, 0.15) is 11.6 Å². The lowest BCUT2D eigenvalue weighted by Gasteiger charge is -2.13. The second-order valence-corrected chi connectivity index (χ2v) is 15.0. The fourth-order valence-electron chi connectivity index (χ4n) is 5.81. The first-order valence-electron chi connectivity index (χ1n) is 15.8. The van der Waals surface area contributed by atoms with Crippen LogP contribution in [-0.4, -0.2) is 34.6 Å². The summed E-state index contributed by atoms with van der Waals surface area (Å²) < 4.78 is 105. The van der Waals surface area contributed by atoms with Gasteiger partial charge in [0, 0.05) is 32.6 Å². The minimum absolute atomic E-state index is 0.0718. The van der Waals surface area contributed by atoms with E-state index in [9.17, 15) is 34.8 Å². The van der Waals surface area contributed by atoms with Crippen LogP contribution in [0.25, 0.3) is 55.4 Å². The Morgan fingerprint density at radius 2 is 0.943 bits per heavy atom. The van der Waals surface area contributed by atoms with Crippen LogP contribution >= 0.6 is 15.9 Å². The van der Waals surface area contributed by atoms with E-state index >= 15 is 0 Å². The maximum atomic E-state index is 13.5. The summed E-state index contributed by atoms with van der Waals surface area (Å²) in [4.78, 5) is 17.0. The smallest absolute Gasteiger partial charge is 0.233 e. The first-order valence-corrected chi connectivity index (χ1v) is 18.4. The molecular weight excluding hydrogens is 782 g/mol. The molecule has 0 N–H and O–H groups in total. The summed E-state index contributed by atoms with van der Waals surface area (Å²) in [5.74, 6) is 0.530. The summed E-state index contributed by atoms with van der Waals surface area (Å²) in [6, 6.07) is 28.9. The Morgan fingerprint density at radius 3 is 1.42 bits per heavy atom. The van der Waals surface area contributed by atoms with Crippen molar-refractivity contribution in [1.82, 2.24) is 19.9 Å². The lowest BCUT2D eigenvalue weighted by Crippen LogP contribution is -2.08. The first kappa shape index (κ1) is 37.5. The summed E-state index contributed by atoms with van der Waals surface area (Å²) in [6.07, 6.45) is -7.85. The van der Waals surface area contributed by atoms with Crippen LogP contribution in [0.2, 0.25) is 0 Å². The highest BCUT2D eigenvalue weighted by atomic mass is 79.9. The minimum atomic E-state index is -4.54. The predicted octanol–water partition coefficient (Wildman–Crippen LogP) is 11.1. The molecule has 0 saturated heterocycles. The Labute approximate surface area is 308 Å². The molecule has 0 amide bonds. The molecule has 7 aromatic rings. The molecule has 7 rings (SSSR count). The lowest BCUT2D eigenvalue weighted by molar-refractivity contribution is -0.137. The monoisotopic (exact) mass is 808 g/mol. The van der Waals surface area contributed by atoms with E-state index in [1.807, 2.05) is 30.3 Å². The summed E-state index contributed by atoms with van der Waals surface area (Å²) in [7, 11) is -3.38. The molecule has 0 aliphatic rings. The highest BCUT2D eigenvalue weighted by molar-refractivity contribution is 9.10. The van der Waals surface area contributed by atoms with Crippen LogP contribution in [0.4, 0.5) is 26.3 Å². The van der Waals surface area contributed by atoms with Crippen molar-refractivity contribution in [2.75, 3.05) is 6.26 Å². The van der Waals surface area contributed by atoms with Crippen LogP contribution in [0.5, 0.6) is 0 Å². The predicted molar refractivity (Wildman–Crippen MR) is 196 cm³/mol. The van der Waals surface area contributed by atoms with Crippen LogP contribution < -0.4 is 0 Å². The Morgan fingerprint density at radius 1 is 0.528 bits per heavy atom. The molecular formula is C39H27BrF6N4O2S. The molecule has 0 saturated carbocycles. The number of aromatic nitrogens is 4. The molecule has 0 spiro atoms. The fraction of sp³-hybridized carbons (Fsp3) is 0.128. The molecule has 2 aromatic heterocycles. The maximum absolute atomic E-state index is 13.5. The second-order valence-electron chi connectivity index (χ2n) is 12.0. The van der Waals surface area contributed by atoms with Gasteiger partial charge in [0.2, 0.25) is 0 Å². The van der Waals surface area contributed by atoms with Crippen molar-refractivity contribution in [2.45, 2.75) is 31.1 Å². The van der Waals surface area contributed by atoms with E-state index in [1.54, 1.807) is 62.4 Å². The average Bonchev–Trinajstić information content (AvgIpc) is 3.09. The lowest BCUT2D eigenvalue weighted by atomic mass is 9.99. The zero-order valence-corrected chi connectivity index (χ0v) is 30.5. The van der Waals surface area contributed by atoms with Crippen molar-refractivity contribution in [1.29, 1.82) is 0 Å². The van der Waals surface area contributed by atoms with Gasteiger partial charge in [-0.15, -0.1) is 0 Å². The number of hydrogen-bond acceptors (Lipinski definition) is 6. The number of fused-ring (bicyclic) bond motifs is 2. The van der Waals surface area contributed by atoms with Crippen LogP contribution in [0, 0.1) is 13.8 Å². The van der Waals surface area contributed by atoms with Crippen molar-refractivity contribution < 1.29 is 34.8 Å².